The number of carbonyl (C=O) groups excluding carboxylic acids is 3. The molecule has 0 heterocycles. The van der Waals surface area contributed by atoms with E-state index < -0.39 is 17.7 Å². The molecule has 1 fully saturated rings. The Labute approximate surface area is 201 Å². The van der Waals surface area contributed by atoms with E-state index in [1.807, 2.05) is 63.2 Å². The van der Waals surface area contributed by atoms with Crippen molar-refractivity contribution in [1.82, 2.24) is 10.2 Å². The number of benzene rings is 2. The number of para-hydroxylation sites is 1. The number of hydrogen-bond donors (Lipinski definition) is 2. The summed E-state index contributed by atoms with van der Waals surface area (Å²) >= 11 is 0. The van der Waals surface area contributed by atoms with Crippen molar-refractivity contribution < 1.29 is 19.1 Å². The maximum atomic E-state index is 13.7. The molecule has 1 atom stereocenters. The fraction of sp³-hybridized carbons (Fsp3) is 0.444. The lowest BCUT2D eigenvalue weighted by Crippen LogP contribution is -2.47. The molecule has 1 aliphatic carbocycles. The van der Waals surface area contributed by atoms with E-state index in [9.17, 15) is 14.4 Å². The highest BCUT2D eigenvalue weighted by Crippen LogP contribution is 2.36. The number of alkyl carbamates (subject to hydrolysis) is 1. The molecule has 3 amide bonds. The summed E-state index contributed by atoms with van der Waals surface area (Å²) in [5.41, 5.74) is 3.75. The number of amides is 3. The lowest BCUT2D eigenvalue weighted by Gasteiger charge is -2.32. The molecule has 2 aromatic carbocycles. The molecule has 7 heteroatoms. The Hall–Kier alpha value is -3.35. The second-order valence-electron chi connectivity index (χ2n) is 10.0. The van der Waals surface area contributed by atoms with Crippen molar-refractivity contribution in [2.24, 2.45) is 0 Å². The van der Waals surface area contributed by atoms with Crippen LogP contribution in [-0.4, -0.2) is 41.0 Å². The normalized spacial score (nSPS) is 14.2. The van der Waals surface area contributed by atoms with Crippen LogP contribution in [0.3, 0.4) is 0 Å². The number of nitrogens with zero attached hydrogens (tertiary/aromatic N) is 1. The van der Waals surface area contributed by atoms with E-state index in [4.69, 9.17) is 4.74 Å². The highest BCUT2D eigenvalue weighted by atomic mass is 16.6. The molecular formula is C27H35N3O4. The van der Waals surface area contributed by atoms with Crippen molar-refractivity contribution in [2.45, 2.75) is 72.1 Å². The SMILES string of the molecule is Cc1cc(C)cc(C(C(=O)Nc2ccccc2C)N(C(=O)CNC(=O)OC(C)(C)C)C2CC2)c1. The summed E-state index contributed by atoms with van der Waals surface area (Å²) in [7, 11) is 0. The molecule has 0 saturated heterocycles. The van der Waals surface area contributed by atoms with Crippen molar-refractivity contribution in [2.75, 3.05) is 11.9 Å². The fourth-order valence-corrected chi connectivity index (χ4v) is 3.98. The predicted octanol–water partition coefficient (Wildman–Crippen LogP) is 4.81. The molecule has 34 heavy (non-hydrogen) atoms. The van der Waals surface area contributed by atoms with Crippen LogP contribution in [0, 0.1) is 20.8 Å². The fourth-order valence-electron chi connectivity index (χ4n) is 3.98. The van der Waals surface area contributed by atoms with Crippen LogP contribution in [0.5, 0.6) is 0 Å². The van der Waals surface area contributed by atoms with Gasteiger partial charge in [0.15, 0.2) is 0 Å². The van der Waals surface area contributed by atoms with Gasteiger partial charge < -0.3 is 20.3 Å². The second kappa shape index (κ2) is 10.3. The zero-order valence-electron chi connectivity index (χ0n) is 20.9. The number of aryl methyl sites for hydroxylation is 3. The van der Waals surface area contributed by atoms with Gasteiger partial charge in [0.05, 0.1) is 0 Å². The van der Waals surface area contributed by atoms with Gasteiger partial charge in [-0.1, -0.05) is 47.5 Å². The first-order valence-corrected chi connectivity index (χ1v) is 11.7. The summed E-state index contributed by atoms with van der Waals surface area (Å²) in [5, 5.41) is 5.56. The smallest absolute Gasteiger partial charge is 0.408 e. The lowest BCUT2D eigenvalue weighted by atomic mass is 9.98. The van der Waals surface area contributed by atoms with E-state index in [0.717, 1.165) is 35.1 Å². The van der Waals surface area contributed by atoms with Crippen molar-refractivity contribution >= 4 is 23.6 Å². The van der Waals surface area contributed by atoms with Crippen LogP contribution in [-0.2, 0) is 14.3 Å². The molecular weight excluding hydrogens is 430 g/mol. The Morgan fingerprint density at radius 3 is 2.21 bits per heavy atom. The first-order chi connectivity index (χ1) is 15.9. The summed E-state index contributed by atoms with van der Waals surface area (Å²) in [4.78, 5) is 40.8. The number of hydrogen-bond acceptors (Lipinski definition) is 4. The number of nitrogens with one attached hydrogen (secondary N) is 2. The number of carbonyl (C=O) groups is 3. The Kier molecular flexibility index (Phi) is 7.64. The van der Waals surface area contributed by atoms with Crippen LogP contribution in [0.15, 0.2) is 42.5 Å². The van der Waals surface area contributed by atoms with Gasteiger partial charge in [0.2, 0.25) is 5.91 Å². The van der Waals surface area contributed by atoms with Crippen molar-refractivity contribution in [3.63, 3.8) is 0 Å². The summed E-state index contributed by atoms with van der Waals surface area (Å²) in [6.07, 6.45) is 0.970. The first kappa shape index (κ1) is 25.3. The number of rotatable bonds is 7. The average molecular weight is 466 g/mol. The van der Waals surface area contributed by atoms with Gasteiger partial charge in [-0.25, -0.2) is 4.79 Å². The molecule has 1 saturated carbocycles. The van der Waals surface area contributed by atoms with Gasteiger partial charge in [-0.15, -0.1) is 0 Å². The van der Waals surface area contributed by atoms with Crippen LogP contribution < -0.4 is 10.6 Å². The highest BCUT2D eigenvalue weighted by Gasteiger charge is 2.41. The van der Waals surface area contributed by atoms with E-state index in [1.165, 1.54) is 0 Å². The van der Waals surface area contributed by atoms with Crippen LogP contribution in [0.4, 0.5) is 10.5 Å². The van der Waals surface area contributed by atoms with Gasteiger partial charge in [0, 0.05) is 11.7 Å². The Balaban J connectivity index is 1.90. The van der Waals surface area contributed by atoms with E-state index >= 15 is 0 Å². The van der Waals surface area contributed by atoms with Crippen LogP contribution in [0.2, 0.25) is 0 Å². The van der Waals surface area contributed by atoms with Gasteiger partial charge in [-0.2, -0.15) is 0 Å². The third-order valence-electron chi connectivity index (χ3n) is 5.50. The van der Waals surface area contributed by atoms with Gasteiger partial charge in [0.25, 0.3) is 5.91 Å². The molecule has 0 aliphatic heterocycles. The third kappa shape index (κ3) is 6.83. The molecule has 182 valence electrons. The monoisotopic (exact) mass is 465 g/mol. The molecule has 1 unspecified atom stereocenters. The predicted molar refractivity (Wildman–Crippen MR) is 133 cm³/mol. The average Bonchev–Trinajstić information content (AvgIpc) is 3.54. The molecule has 0 spiro atoms. The Morgan fingerprint density at radius 2 is 1.65 bits per heavy atom. The summed E-state index contributed by atoms with van der Waals surface area (Å²) < 4.78 is 5.26. The standard InChI is InChI=1S/C27H35N3O4/c1-17-13-18(2)15-20(14-17)24(25(32)29-22-10-8-7-9-19(22)3)30(21-11-12-21)23(31)16-28-26(33)34-27(4,5)6/h7-10,13-15,21,24H,11-12,16H2,1-6H3,(H,28,33)(H,29,32). The third-order valence-corrected chi connectivity index (χ3v) is 5.50. The maximum absolute atomic E-state index is 13.7. The minimum Gasteiger partial charge on any atom is -0.444 e. The maximum Gasteiger partial charge on any atom is 0.408 e. The topological polar surface area (TPSA) is 87.7 Å². The summed E-state index contributed by atoms with van der Waals surface area (Å²) in [5.74, 6) is -0.603. The van der Waals surface area contributed by atoms with Crippen molar-refractivity contribution in [1.29, 1.82) is 0 Å². The van der Waals surface area contributed by atoms with E-state index in [2.05, 4.69) is 10.6 Å². The Bertz CT molecular complexity index is 1050. The van der Waals surface area contributed by atoms with Gasteiger partial charge in [-0.05, 0) is 71.6 Å². The lowest BCUT2D eigenvalue weighted by molar-refractivity contribution is -0.139. The molecule has 0 aromatic heterocycles. The molecule has 0 bridgehead atoms. The minimum absolute atomic E-state index is 0.0543. The summed E-state index contributed by atoms with van der Waals surface area (Å²) in [6, 6.07) is 12.6. The van der Waals surface area contributed by atoms with Crippen LogP contribution in [0.25, 0.3) is 0 Å². The molecule has 2 N–H and O–H groups in total. The van der Waals surface area contributed by atoms with Crippen molar-refractivity contribution in [3.8, 4) is 0 Å². The summed E-state index contributed by atoms with van der Waals surface area (Å²) in [6.45, 7) is 10.9. The zero-order chi connectivity index (χ0) is 25.0. The Morgan fingerprint density at radius 1 is 1.03 bits per heavy atom. The van der Waals surface area contributed by atoms with Crippen molar-refractivity contribution in [3.05, 3.63) is 64.7 Å². The van der Waals surface area contributed by atoms with Gasteiger partial charge in [0.1, 0.15) is 18.2 Å². The largest absolute Gasteiger partial charge is 0.444 e. The van der Waals surface area contributed by atoms with E-state index in [0.29, 0.717) is 5.69 Å². The van der Waals surface area contributed by atoms with Gasteiger partial charge >= 0.3 is 6.09 Å². The number of ether oxygens (including phenoxy) is 1. The molecule has 0 radical (unpaired) electrons. The van der Waals surface area contributed by atoms with Crippen LogP contribution in [0.1, 0.15) is 61.9 Å². The first-order valence-electron chi connectivity index (χ1n) is 11.7. The van der Waals surface area contributed by atoms with Crippen LogP contribution >= 0.6 is 0 Å². The molecule has 3 rings (SSSR count). The highest BCUT2D eigenvalue weighted by molar-refractivity contribution is 5.99. The molecule has 7 nitrogen and oxygen atoms in total. The van der Waals surface area contributed by atoms with E-state index in [1.54, 1.807) is 25.7 Å². The molecule has 2 aromatic rings. The second-order valence-corrected chi connectivity index (χ2v) is 10.0. The number of anilines is 1. The quantitative estimate of drug-likeness (QED) is 0.614. The van der Waals surface area contributed by atoms with Gasteiger partial charge in [-0.3, -0.25) is 9.59 Å². The van der Waals surface area contributed by atoms with E-state index in [-0.39, 0.29) is 24.4 Å². The minimum atomic E-state index is -0.821. The molecule has 1 aliphatic rings. The zero-order valence-corrected chi connectivity index (χ0v) is 20.9.